The summed E-state index contributed by atoms with van der Waals surface area (Å²) >= 11 is 0. The lowest BCUT2D eigenvalue weighted by molar-refractivity contribution is 0.160. The summed E-state index contributed by atoms with van der Waals surface area (Å²) in [5.74, 6) is 0. The Balaban J connectivity index is 1.68. The Kier molecular flexibility index (Phi) is 4.88. The van der Waals surface area contributed by atoms with E-state index >= 15 is 0 Å². The Morgan fingerprint density at radius 1 is 1.33 bits per heavy atom. The fourth-order valence-electron chi connectivity index (χ4n) is 2.65. The highest BCUT2D eigenvalue weighted by Crippen LogP contribution is 2.18. The molecule has 1 aliphatic rings. The first-order chi connectivity index (χ1) is 8.77. The van der Waals surface area contributed by atoms with Crippen LogP contribution in [0.25, 0.3) is 0 Å². The van der Waals surface area contributed by atoms with Crippen LogP contribution in [-0.4, -0.2) is 30.6 Å². The molecule has 1 saturated heterocycles. The number of nitrogen functional groups attached to an aromatic ring is 1. The Labute approximate surface area is 110 Å². The van der Waals surface area contributed by atoms with Crippen LogP contribution in [0.15, 0.2) is 24.3 Å². The lowest BCUT2D eigenvalue weighted by Crippen LogP contribution is -2.38. The van der Waals surface area contributed by atoms with Gasteiger partial charge in [-0.05, 0) is 44.9 Å². The van der Waals surface area contributed by atoms with Gasteiger partial charge in [0.05, 0.1) is 11.4 Å². The number of hydrogen-bond donors (Lipinski definition) is 2. The number of likely N-dealkylation sites (tertiary alicyclic amines) is 1. The highest BCUT2D eigenvalue weighted by atomic mass is 15.2. The van der Waals surface area contributed by atoms with Crippen molar-refractivity contribution in [2.75, 3.05) is 30.7 Å². The Bertz CT molecular complexity index is 365. The van der Waals surface area contributed by atoms with E-state index in [1.807, 2.05) is 24.3 Å². The Morgan fingerprint density at radius 3 is 2.94 bits per heavy atom. The largest absolute Gasteiger partial charge is 0.397 e. The SMILES string of the molecule is CC1CCCCN1CCCNc1ccccc1N. The maximum Gasteiger partial charge on any atom is 0.0573 e. The van der Waals surface area contributed by atoms with E-state index < -0.39 is 0 Å². The van der Waals surface area contributed by atoms with Crippen LogP contribution < -0.4 is 11.1 Å². The average Bonchev–Trinajstić information content (AvgIpc) is 2.38. The molecule has 1 unspecified atom stereocenters. The topological polar surface area (TPSA) is 41.3 Å². The van der Waals surface area contributed by atoms with Gasteiger partial charge in [0, 0.05) is 19.1 Å². The molecule has 1 atom stereocenters. The number of benzene rings is 1. The number of nitrogens with zero attached hydrogens (tertiary/aromatic N) is 1. The van der Waals surface area contributed by atoms with Crippen molar-refractivity contribution >= 4 is 11.4 Å². The normalized spacial score (nSPS) is 20.8. The zero-order valence-corrected chi connectivity index (χ0v) is 11.4. The van der Waals surface area contributed by atoms with Crippen molar-refractivity contribution < 1.29 is 0 Å². The van der Waals surface area contributed by atoms with E-state index in [1.165, 1.54) is 38.8 Å². The van der Waals surface area contributed by atoms with E-state index in [0.29, 0.717) is 0 Å². The number of nitrogens with two attached hydrogens (primary N) is 1. The number of piperidine rings is 1. The van der Waals surface area contributed by atoms with E-state index in [1.54, 1.807) is 0 Å². The predicted molar refractivity (Wildman–Crippen MR) is 78.8 cm³/mol. The van der Waals surface area contributed by atoms with Gasteiger partial charge in [0.2, 0.25) is 0 Å². The van der Waals surface area contributed by atoms with Crippen molar-refractivity contribution in [1.29, 1.82) is 0 Å². The van der Waals surface area contributed by atoms with Crippen molar-refractivity contribution in [3.63, 3.8) is 0 Å². The van der Waals surface area contributed by atoms with Crippen LogP contribution in [0.4, 0.5) is 11.4 Å². The Hall–Kier alpha value is -1.22. The lowest BCUT2D eigenvalue weighted by atomic mass is 10.0. The third kappa shape index (κ3) is 3.64. The second-order valence-corrected chi connectivity index (χ2v) is 5.25. The monoisotopic (exact) mass is 247 g/mol. The zero-order valence-electron chi connectivity index (χ0n) is 11.4. The van der Waals surface area contributed by atoms with Crippen LogP contribution >= 0.6 is 0 Å². The fraction of sp³-hybridized carbons (Fsp3) is 0.600. The minimum Gasteiger partial charge on any atom is -0.397 e. The second kappa shape index (κ2) is 6.64. The number of para-hydroxylation sites is 2. The number of rotatable bonds is 5. The summed E-state index contributed by atoms with van der Waals surface area (Å²) in [5, 5.41) is 3.42. The van der Waals surface area contributed by atoms with Crippen LogP contribution in [0.3, 0.4) is 0 Å². The first kappa shape index (κ1) is 13.2. The zero-order chi connectivity index (χ0) is 12.8. The smallest absolute Gasteiger partial charge is 0.0573 e. The van der Waals surface area contributed by atoms with Gasteiger partial charge in [-0.1, -0.05) is 18.6 Å². The standard InChI is InChI=1S/C15H25N3/c1-13-7-4-5-11-18(13)12-6-10-17-15-9-3-2-8-14(15)16/h2-3,8-9,13,17H,4-7,10-12,16H2,1H3. The van der Waals surface area contributed by atoms with Crippen molar-refractivity contribution in [3.05, 3.63) is 24.3 Å². The first-order valence-electron chi connectivity index (χ1n) is 7.10. The van der Waals surface area contributed by atoms with Gasteiger partial charge in [0.1, 0.15) is 0 Å². The highest BCUT2D eigenvalue weighted by Gasteiger charge is 2.16. The van der Waals surface area contributed by atoms with E-state index in [4.69, 9.17) is 5.73 Å². The van der Waals surface area contributed by atoms with Gasteiger partial charge >= 0.3 is 0 Å². The molecule has 3 heteroatoms. The molecule has 0 amide bonds. The van der Waals surface area contributed by atoms with Gasteiger partial charge in [-0.2, -0.15) is 0 Å². The molecule has 100 valence electrons. The molecular weight excluding hydrogens is 222 g/mol. The fourth-order valence-corrected chi connectivity index (χ4v) is 2.65. The van der Waals surface area contributed by atoms with Gasteiger partial charge < -0.3 is 16.0 Å². The molecular formula is C15H25N3. The molecule has 0 aliphatic carbocycles. The van der Waals surface area contributed by atoms with Crippen LogP contribution in [0, 0.1) is 0 Å². The van der Waals surface area contributed by atoms with Crippen LogP contribution in [0.2, 0.25) is 0 Å². The van der Waals surface area contributed by atoms with Gasteiger partial charge in [0.15, 0.2) is 0 Å². The number of anilines is 2. The summed E-state index contributed by atoms with van der Waals surface area (Å²) in [6.45, 7) is 5.81. The molecule has 1 fully saturated rings. The third-order valence-electron chi connectivity index (χ3n) is 3.84. The Morgan fingerprint density at radius 2 is 2.17 bits per heavy atom. The molecule has 0 saturated carbocycles. The molecule has 1 aliphatic heterocycles. The lowest BCUT2D eigenvalue weighted by Gasteiger charge is -2.33. The number of hydrogen-bond acceptors (Lipinski definition) is 3. The average molecular weight is 247 g/mol. The minimum atomic E-state index is 0.764. The molecule has 18 heavy (non-hydrogen) atoms. The summed E-state index contributed by atoms with van der Waals surface area (Å²) in [6, 6.07) is 8.73. The van der Waals surface area contributed by atoms with E-state index in [2.05, 4.69) is 17.1 Å². The van der Waals surface area contributed by atoms with Crippen LogP contribution in [-0.2, 0) is 0 Å². The van der Waals surface area contributed by atoms with Crippen LogP contribution in [0.1, 0.15) is 32.6 Å². The third-order valence-corrected chi connectivity index (χ3v) is 3.84. The molecule has 0 spiro atoms. The summed E-state index contributed by atoms with van der Waals surface area (Å²) in [6.07, 6.45) is 5.30. The van der Waals surface area contributed by atoms with E-state index in [0.717, 1.165) is 24.0 Å². The maximum absolute atomic E-state index is 5.89. The first-order valence-corrected chi connectivity index (χ1v) is 7.10. The maximum atomic E-state index is 5.89. The minimum absolute atomic E-state index is 0.764. The summed E-state index contributed by atoms with van der Waals surface area (Å²) in [7, 11) is 0. The van der Waals surface area contributed by atoms with Crippen molar-refractivity contribution in [2.24, 2.45) is 0 Å². The highest BCUT2D eigenvalue weighted by molar-refractivity contribution is 5.65. The van der Waals surface area contributed by atoms with Gasteiger partial charge in [0.25, 0.3) is 0 Å². The predicted octanol–water partition coefficient (Wildman–Crippen LogP) is 2.95. The van der Waals surface area contributed by atoms with Crippen molar-refractivity contribution in [1.82, 2.24) is 4.90 Å². The second-order valence-electron chi connectivity index (χ2n) is 5.25. The van der Waals surface area contributed by atoms with Crippen molar-refractivity contribution in [3.8, 4) is 0 Å². The van der Waals surface area contributed by atoms with Gasteiger partial charge in [-0.25, -0.2) is 0 Å². The molecule has 2 rings (SSSR count). The molecule has 0 aromatic heterocycles. The molecule has 1 aromatic carbocycles. The van der Waals surface area contributed by atoms with Crippen molar-refractivity contribution in [2.45, 2.75) is 38.6 Å². The summed E-state index contributed by atoms with van der Waals surface area (Å²) < 4.78 is 0. The summed E-state index contributed by atoms with van der Waals surface area (Å²) in [5.41, 5.74) is 7.79. The molecule has 1 aromatic rings. The molecule has 0 bridgehead atoms. The summed E-state index contributed by atoms with van der Waals surface area (Å²) in [4.78, 5) is 2.61. The van der Waals surface area contributed by atoms with E-state index in [9.17, 15) is 0 Å². The van der Waals surface area contributed by atoms with Gasteiger partial charge in [-0.15, -0.1) is 0 Å². The molecule has 1 heterocycles. The van der Waals surface area contributed by atoms with E-state index in [-0.39, 0.29) is 0 Å². The van der Waals surface area contributed by atoms with Gasteiger partial charge in [-0.3, -0.25) is 0 Å². The molecule has 0 radical (unpaired) electrons. The number of nitrogens with one attached hydrogen (secondary N) is 1. The quantitative estimate of drug-likeness (QED) is 0.621. The molecule has 3 nitrogen and oxygen atoms in total. The molecule has 3 N–H and O–H groups in total. The van der Waals surface area contributed by atoms with Crippen LogP contribution in [0.5, 0.6) is 0 Å².